The van der Waals surface area contributed by atoms with E-state index in [4.69, 9.17) is 4.55 Å². The third-order valence-electron chi connectivity index (χ3n) is 0.795. The van der Waals surface area contributed by atoms with Crippen molar-refractivity contribution in [3.05, 3.63) is 14.3 Å². The van der Waals surface area contributed by atoms with Gasteiger partial charge in [-0.25, -0.2) is 4.21 Å². The summed E-state index contributed by atoms with van der Waals surface area (Å²) in [6, 6.07) is 1.62. The third-order valence-corrected chi connectivity index (χ3v) is 4.99. The summed E-state index contributed by atoms with van der Waals surface area (Å²) in [5, 5.41) is 0. The average molecular weight is 306 g/mol. The molecule has 0 aliphatic carbocycles. The van der Waals surface area contributed by atoms with E-state index < -0.39 is 11.1 Å². The van der Waals surface area contributed by atoms with Gasteiger partial charge in [0.2, 0.25) is 0 Å². The van der Waals surface area contributed by atoms with E-state index in [2.05, 4.69) is 31.9 Å². The molecule has 1 rings (SSSR count). The van der Waals surface area contributed by atoms with Crippen LogP contribution in [-0.4, -0.2) is 8.76 Å². The molecular formula is C4H2Br2O2S2. The normalized spacial score (nSPS) is 13.5. The monoisotopic (exact) mass is 304 g/mol. The van der Waals surface area contributed by atoms with E-state index >= 15 is 0 Å². The van der Waals surface area contributed by atoms with Crippen molar-refractivity contribution in [2.24, 2.45) is 0 Å². The number of thiophene rings is 1. The standard InChI is InChI=1S/C4H2Br2O2S2/c5-2-1-3(10(7)8)9-4(2)6/h1H,(H,7,8). The lowest BCUT2D eigenvalue weighted by Gasteiger charge is -1.80. The fourth-order valence-corrected chi connectivity index (χ4v) is 3.41. The predicted molar refractivity (Wildman–Crippen MR) is 48.8 cm³/mol. The van der Waals surface area contributed by atoms with Gasteiger partial charge in [0.05, 0.1) is 3.79 Å². The number of hydrogen-bond acceptors (Lipinski definition) is 2. The Balaban J connectivity index is 3.10. The highest BCUT2D eigenvalue weighted by Crippen LogP contribution is 2.33. The summed E-state index contributed by atoms with van der Waals surface area (Å²) in [7, 11) is 0. The van der Waals surface area contributed by atoms with Gasteiger partial charge in [-0.15, -0.1) is 11.3 Å². The van der Waals surface area contributed by atoms with Crippen LogP contribution in [0.4, 0.5) is 0 Å². The molecule has 0 spiro atoms. The first kappa shape index (κ1) is 8.86. The van der Waals surface area contributed by atoms with Crippen molar-refractivity contribution >= 4 is 54.3 Å². The quantitative estimate of drug-likeness (QED) is 0.810. The SMILES string of the molecule is O=S(O)c1cc(Br)c(Br)s1. The third kappa shape index (κ3) is 1.88. The largest absolute Gasteiger partial charge is 0.302 e. The van der Waals surface area contributed by atoms with E-state index in [1.807, 2.05) is 0 Å². The molecule has 0 saturated carbocycles. The highest BCUT2D eigenvalue weighted by Gasteiger charge is 2.07. The molecule has 1 aromatic heterocycles. The molecular weight excluding hydrogens is 304 g/mol. The Morgan fingerprint density at radius 2 is 2.20 bits per heavy atom. The van der Waals surface area contributed by atoms with Crippen LogP contribution in [0.2, 0.25) is 0 Å². The van der Waals surface area contributed by atoms with E-state index in [9.17, 15) is 4.21 Å². The molecule has 0 aromatic carbocycles. The summed E-state index contributed by atoms with van der Waals surface area (Å²) in [5.74, 6) is 0. The second kappa shape index (κ2) is 3.44. The highest BCUT2D eigenvalue weighted by molar-refractivity contribution is 9.13. The van der Waals surface area contributed by atoms with Gasteiger partial charge in [0, 0.05) is 4.47 Å². The smallest absolute Gasteiger partial charge is 0.196 e. The maximum absolute atomic E-state index is 10.4. The van der Waals surface area contributed by atoms with Gasteiger partial charge in [-0.2, -0.15) is 0 Å². The molecule has 10 heavy (non-hydrogen) atoms. The Hall–Kier alpha value is 0.770. The minimum atomic E-state index is -1.86. The maximum Gasteiger partial charge on any atom is 0.196 e. The van der Waals surface area contributed by atoms with Crippen molar-refractivity contribution in [1.82, 2.24) is 0 Å². The van der Waals surface area contributed by atoms with Crippen LogP contribution < -0.4 is 0 Å². The average Bonchev–Trinajstić information content (AvgIpc) is 2.13. The molecule has 0 saturated heterocycles. The van der Waals surface area contributed by atoms with Crippen LogP contribution >= 0.6 is 43.2 Å². The van der Waals surface area contributed by atoms with Gasteiger partial charge in [-0.1, -0.05) is 0 Å². The fourth-order valence-electron chi connectivity index (χ4n) is 0.413. The molecule has 6 heteroatoms. The molecule has 1 unspecified atom stereocenters. The lowest BCUT2D eigenvalue weighted by atomic mass is 10.7. The summed E-state index contributed by atoms with van der Waals surface area (Å²) in [5.41, 5.74) is 0. The Kier molecular flexibility index (Phi) is 3.05. The maximum atomic E-state index is 10.4. The van der Waals surface area contributed by atoms with Gasteiger partial charge < -0.3 is 4.55 Å². The zero-order valence-corrected chi connectivity index (χ0v) is 9.31. The van der Waals surface area contributed by atoms with Gasteiger partial charge >= 0.3 is 0 Å². The zero-order chi connectivity index (χ0) is 7.72. The minimum Gasteiger partial charge on any atom is -0.302 e. The lowest BCUT2D eigenvalue weighted by molar-refractivity contribution is 0.566. The topological polar surface area (TPSA) is 37.3 Å². The van der Waals surface area contributed by atoms with Gasteiger partial charge in [-0.3, -0.25) is 0 Å². The molecule has 0 radical (unpaired) electrons. The Bertz CT molecular complexity index is 251. The summed E-state index contributed by atoms with van der Waals surface area (Å²) in [6.45, 7) is 0. The van der Waals surface area contributed by atoms with E-state index in [0.717, 1.165) is 8.26 Å². The Morgan fingerprint density at radius 1 is 1.60 bits per heavy atom. The van der Waals surface area contributed by atoms with Crippen molar-refractivity contribution in [1.29, 1.82) is 0 Å². The van der Waals surface area contributed by atoms with Crippen molar-refractivity contribution in [2.75, 3.05) is 0 Å². The molecule has 0 amide bonds. The van der Waals surface area contributed by atoms with Crippen molar-refractivity contribution in [2.45, 2.75) is 4.21 Å². The van der Waals surface area contributed by atoms with Crippen LogP contribution in [0.1, 0.15) is 0 Å². The van der Waals surface area contributed by atoms with Crippen LogP contribution in [0.15, 0.2) is 18.5 Å². The molecule has 2 nitrogen and oxygen atoms in total. The van der Waals surface area contributed by atoms with Crippen molar-refractivity contribution < 1.29 is 8.76 Å². The summed E-state index contributed by atoms with van der Waals surface area (Å²) >= 11 is 5.79. The van der Waals surface area contributed by atoms with Crippen molar-refractivity contribution in [3.63, 3.8) is 0 Å². The molecule has 1 heterocycles. The van der Waals surface area contributed by atoms with Crippen LogP contribution in [0.5, 0.6) is 0 Å². The minimum absolute atomic E-state index is 0.443. The van der Waals surface area contributed by atoms with E-state index in [1.54, 1.807) is 6.07 Å². The fraction of sp³-hybridized carbons (Fsp3) is 0. The second-order valence-corrected chi connectivity index (χ2v) is 5.86. The Morgan fingerprint density at radius 3 is 2.40 bits per heavy atom. The molecule has 0 fully saturated rings. The second-order valence-electron chi connectivity index (χ2n) is 1.44. The number of halogens is 2. The molecule has 0 bridgehead atoms. The van der Waals surface area contributed by atoms with E-state index in [-0.39, 0.29) is 0 Å². The van der Waals surface area contributed by atoms with Crippen LogP contribution in [0, 0.1) is 0 Å². The van der Waals surface area contributed by atoms with E-state index in [0.29, 0.717) is 4.21 Å². The Labute approximate surface area is 81.2 Å². The summed E-state index contributed by atoms with van der Waals surface area (Å²) in [6.07, 6.45) is 0. The first-order valence-electron chi connectivity index (χ1n) is 2.17. The molecule has 1 atom stereocenters. The van der Waals surface area contributed by atoms with Gasteiger partial charge in [0.15, 0.2) is 11.1 Å². The molecule has 1 N–H and O–H groups in total. The molecule has 0 aliphatic rings. The van der Waals surface area contributed by atoms with E-state index in [1.165, 1.54) is 11.3 Å². The van der Waals surface area contributed by atoms with Crippen LogP contribution in [0.25, 0.3) is 0 Å². The first-order valence-corrected chi connectivity index (χ1v) is 5.68. The van der Waals surface area contributed by atoms with Gasteiger partial charge in [0.1, 0.15) is 4.21 Å². The van der Waals surface area contributed by atoms with Gasteiger partial charge in [-0.05, 0) is 37.9 Å². The highest BCUT2D eigenvalue weighted by atomic mass is 79.9. The predicted octanol–water partition coefficient (Wildman–Crippen LogP) is 2.85. The zero-order valence-electron chi connectivity index (χ0n) is 4.51. The number of hydrogen-bond donors (Lipinski definition) is 1. The summed E-state index contributed by atoms with van der Waals surface area (Å²) in [4.78, 5) is 0. The summed E-state index contributed by atoms with van der Waals surface area (Å²) < 4.78 is 21.1. The first-order chi connectivity index (χ1) is 4.61. The van der Waals surface area contributed by atoms with Gasteiger partial charge in [0.25, 0.3) is 0 Å². The van der Waals surface area contributed by atoms with Crippen LogP contribution in [0.3, 0.4) is 0 Å². The number of rotatable bonds is 1. The van der Waals surface area contributed by atoms with Crippen molar-refractivity contribution in [3.8, 4) is 0 Å². The molecule has 1 aromatic rings. The molecule has 0 aliphatic heterocycles. The lowest BCUT2D eigenvalue weighted by Crippen LogP contribution is -1.79. The van der Waals surface area contributed by atoms with Crippen LogP contribution in [-0.2, 0) is 11.1 Å². The molecule has 56 valence electrons.